The van der Waals surface area contributed by atoms with E-state index >= 15 is 0 Å². The summed E-state index contributed by atoms with van der Waals surface area (Å²) in [4.78, 5) is 4.50. The Kier molecular flexibility index (Phi) is 3.69. The van der Waals surface area contributed by atoms with Crippen molar-refractivity contribution in [2.45, 2.75) is 6.42 Å². The summed E-state index contributed by atoms with van der Waals surface area (Å²) >= 11 is 3.46. The van der Waals surface area contributed by atoms with Gasteiger partial charge in [0.2, 0.25) is 0 Å². The molecule has 0 aliphatic heterocycles. The topological polar surface area (TPSA) is 29.3 Å². The molecule has 0 saturated heterocycles. The van der Waals surface area contributed by atoms with E-state index in [2.05, 4.69) is 30.6 Å². The van der Waals surface area contributed by atoms with Gasteiger partial charge in [0.25, 0.3) is 0 Å². The monoisotopic (exact) mass is 333 g/mol. The van der Waals surface area contributed by atoms with Crippen LogP contribution in [0, 0.1) is 5.82 Å². The van der Waals surface area contributed by atoms with Gasteiger partial charge in [0.05, 0.1) is 5.52 Å². The van der Waals surface area contributed by atoms with Crippen molar-refractivity contribution in [1.29, 1.82) is 0 Å². The van der Waals surface area contributed by atoms with E-state index in [1.165, 1.54) is 12.1 Å². The highest BCUT2D eigenvalue weighted by Gasteiger charge is 2.07. The molecule has 20 heavy (non-hydrogen) atoms. The maximum absolute atomic E-state index is 13.1. The number of hydrogen-bond donors (Lipinski definition) is 1. The number of hydrogen-bond acceptors (Lipinski definition) is 2. The third kappa shape index (κ3) is 2.67. The van der Waals surface area contributed by atoms with Crippen LogP contribution < -0.4 is 5.32 Å². The molecule has 2 heterocycles. The number of nitrogens with one attached hydrogen (secondary N) is 1. The van der Waals surface area contributed by atoms with Crippen molar-refractivity contribution in [3.05, 3.63) is 64.9 Å². The second-order valence-electron chi connectivity index (χ2n) is 4.46. The molecule has 0 unspecified atom stereocenters. The lowest BCUT2D eigenvalue weighted by molar-refractivity contribution is 0.628. The van der Waals surface area contributed by atoms with Gasteiger partial charge in [-0.25, -0.2) is 9.37 Å². The van der Waals surface area contributed by atoms with Crippen molar-refractivity contribution in [2.75, 3.05) is 11.9 Å². The second kappa shape index (κ2) is 5.63. The minimum atomic E-state index is -0.232. The van der Waals surface area contributed by atoms with E-state index < -0.39 is 0 Å². The summed E-state index contributed by atoms with van der Waals surface area (Å²) in [6, 6.07) is 12.4. The van der Waals surface area contributed by atoms with Crippen molar-refractivity contribution in [2.24, 2.45) is 0 Å². The van der Waals surface area contributed by atoms with Crippen LogP contribution >= 0.6 is 15.9 Å². The lowest BCUT2D eigenvalue weighted by Gasteiger charge is -2.06. The molecular formula is C15H13BrFN3. The van der Waals surface area contributed by atoms with Crippen molar-refractivity contribution < 1.29 is 4.39 Å². The van der Waals surface area contributed by atoms with Crippen LogP contribution in [0.3, 0.4) is 0 Å². The van der Waals surface area contributed by atoms with Crippen molar-refractivity contribution in [1.82, 2.24) is 9.38 Å². The van der Waals surface area contributed by atoms with Crippen LogP contribution in [0.15, 0.2) is 53.3 Å². The number of anilines is 1. The Balaban J connectivity index is 1.71. The summed E-state index contributed by atoms with van der Waals surface area (Å²) < 4.78 is 16.0. The predicted molar refractivity (Wildman–Crippen MR) is 81.5 cm³/mol. The first-order valence-corrected chi connectivity index (χ1v) is 7.14. The minimum absolute atomic E-state index is 0.232. The van der Waals surface area contributed by atoms with Gasteiger partial charge in [0.1, 0.15) is 16.2 Å². The summed E-state index contributed by atoms with van der Waals surface area (Å²) in [5.41, 5.74) is 1.83. The van der Waals surface area contributed by atoms with Crippen molar-refractivity contribution >= 4 is 27.1 Å². The number of rotatable bonds is 4. The van der Waals surface area contributed by atoms with Crippen LogP contribution in [-0.4, -0.2) is 15.9 Å². The molecule has 102 valence electrons. The number of benzene rings is 1. The van der Waals surface area contributed by atoms with Crippen LogP contribution in [0.5, 0.6) is 0 Å². The molecule has 3 aromatic rings. The molecule has 0 fully saturated rings. The van der Waals surface area contributed by atoms with Gasteiger partial charge in [-0.1, -0.05) is 12.1 Å². The molecule has 2 aromatic heterocycles. The summed E-state index contributed by atoms with van der Waals surface area (Å²) in [5, 5.41) is 3.20. The summed E-state index contributed by atoms with van der Waals surface area (Å²) in [6.07, 6.45) is 2.75. The fraction of sp³-hybridized carbons (Fsp3) is 0.133. The average Bonchev–Trinajstić information content (AvgIpc) is 2.77. The Hall–Kier alpha value is -1.88. The third-order valence-electron chi connectivity index (χ3n) is 3.08. The van der Waals surface area contributed by atoms with Crippen LogP contribution in [0.2, 0.25) is 0 Å². The molecule has 0 amide bonds. The molecule has 0 aliphatic rings. The summed E-state index contributed by atoms with van der Waals surface area (Å²) in [7, 11) is 0. The highest BCUT2D eigenvalue weighted by molar-refractivity contribution is 9.10. The number of aromatic nitrogens is 2. The highest BCUT2D eigenvalue weighted by Crippen LogP contribution is 2.19. The number of pyridine rings is 1. The maximum Gasteiger partial charge on any atom is 0.132 e. The molecule has 0 spiro atoms. The standard InChI is InChI=1S/C15H13BrFN3/c16-15-13-6-1-2-9-20(13)14(19-15)7-8-18-12-5-3-4-11(17)10-12/h1-6,9-10,18H,7-8H2. The zero-order valence-corrected chi connectivity index (χ0v) is 12.3. The quantitative estimate of drug-likeness (QED) is 0.784. The molecule has 0 saturated carbocycles. The van der Waals surface area contributed by atoms with Gasteiger partial charge < -0.3 is 9.72 Å². The average molecular weight is 334 g/mol. The molecule has 1 aromatic carbocycles. The SMILES string of the molecule is Fc1cccc(NCCc2nc(Br)c3ccccn23)c1. The smallest absolute Gasteiger partial charge is 0.132 e. The predicted octanol–water partition coefficient (Wildman–Crippen LogP) is 3.89. The fourth-order valence-corrected chi connectivity index (χ4v) is 2.68. The first-order chi connectivity index (χ1) is 9.74. The van der Waals surface area contributed by atoms with Gasteiger partial charge in [-0.05, 0) is 46.3 Å². The zero-order chi connectivity index (χ0) is 13.9. The van der Waals surface area contributed by atoms with Crippen LogP contribution in [0.4, 0.5) is 10.1 Å². The Morgan fingerprint density at radius 3 is 2.95 bits per heavy atom. The Labute approximate surface area is 124 Å². The molecular weight excluding hydrogens is 321 g/mol. The molecule has 5 heteroatoms. The largest absolute Gasteiger partial charge is 0.385 e. The molecule has 0 aliphatic carbocycles. The normalized spacial score (nSPS) is 10.9. The Morgan fingerprint density at radius 2 is 2.10 bits per heavy atom. The lowest BCUT2D eigenvalue weighted by atomic mass is 10.3. The van der Waals surface area contributed by atoms with E-state index in [0.717, 1.165) is 28.1 Å². The van der Waals surface area contributed by atoms with Crippen LogP contribution in [-0.2, 0) is 6.42 Å². The van der Waals surface area contributed by atoms with Gasteiger partial charge in [-0.3, -0.25) is 0 Å². The summed E-state index contributed by atoms with van der Waals surface area (Å²) in [6.45, 7) is 0.698. The number of imidazole rings is 1. The highest BCUT2D eigenvalue weighted by atomic mass is 79.9. The van der Waals surface area contributed by atoms with Gasteiger partial charge >= 0.3 is 0 Å². The van der Waals surface area contributed by atoms with Crippen LogP contribution in [0.25, 0.3) is 5.52 Å². The number of nitrogens with zero attached hydrogens (tertiary/aromatic N) is 2. The van der Waals surface area contributed by atoms with E-state index in [9.17, 15) is 4.39 Å². The van der Waals surface area contributed by atoms with Gasteiger partial charge in [-0.15, -0.1) is 0 Å². The van der Waals surface area contributed by atoms with E-state index in [-0.39, 0.29) is 5.82 Å². The van der Waals surface area contributed by atoms with Gasteiger partial charge in [0, 0.05) is 24.8 Å². The molecule has 0 radical (unpaired) electrons. The Morgan fingerprint density at radius 1 is 1.20 bits per heavy atom. The third-order valence-corrected chi connectivity index (χ3v) is 3.66. The molecule has 0 atom stereocenters. The second-order valence-corrected chi connectivity index (χ2v) is 5.21. The van der Waals surface area contributed by atoms with E-state index in [4.69, 9.17) is 0 Å². The van der Waals surface area contributed by atoms with Gasteiger partial charge in [-0.2, -0.15) is 0 Å². The Bertz CT molecular complexity index is 739. The minimum Gasteiger partial charge on any atom is -0.385 e. The van der Waals surface area contributed by atoms with E-state index in [0.29, 0.717) is 6.54 Å². The zero-order valence-electron chi connectivity index (χ0n) is 10.7. The first-order valence-electron chi connectivity index (χ1n) is 6.35. The molecule has 3 rings (SSSR count). The first kappa shape index (κ1) is 13.1. The van der Waals surface area contributed by atoms with E-state index in [1.807, 2.05) is 30.5 Å². The maximum atomic E-state index is 13.1. The van der Waals surface area contributed by atoms with E-state index in [1.54, 1.807) is 6.07 Å². The molecule has 1 N–H and O–H groups in total. The van der Waals surface area contributed by atoms with Crippen molar-refractivity contribution in [3.63, 3.8) is 0 Å². The summed E-state index contributed by atoms with van der Waals surface area (Å²) in [5.74, 6) is 0.736. The molecule has 3 nitrogen and oxygen atoms in total. The fourth-order valence-electron chi connectivity index (χ4n) is 2.15. The van der Waals surface area contributed by atoms with Crippen LogP contribution in [0.1, 0.15) is 5.82 Å². The van der Waals surface area contributed by atoms with Gasteiger partial charge in [0.15, 0.2) is 0 Å². The number of halogens is 2. The lowest BCUT2D eigenvalue weighted by Crippen LogP contribution is -2.07. The molecule has 0 bridgehead atoms. The number of fused-ring (bicyclic) bond motifs is 1. The van der Waals surface area contributed by atoms with Crippen molar-refractivity contribution in [3.8, 4) is 0 Å².